The van der Waals surface area contributed by atoms with Gasteiger partial charge in [0.15, 0.2) is 0 Å². The highest BCUT2D eigenvalue weighted by Gasteiger charge is 2.17. The molecule has 0 rings (SSSR count). The third kappa shape index (κ3) is 4.69. The minimum Gasteiger partial charge on any atom is -0.598 e. The Bertz CT molecular complexity index is 93.0. The number of hydrogen-bond donors (Lipinski definition) is 1. The molecular formula is C6H15NO3. The maximum atomic E-state index is 10.3. The van der Waals surface area contributed by atoms with Crippen LogP contribution in [0.25, 0.3) is 0 Å². The Labute approximate surface area is 61.2 Å². The van der Waals surface area contributed by atoms with E-state index in [0.717, 1.165) is 6.42 Å². The van der Waals surface area contributed by atoms with E-state index < -0.39 is 5.23 Å². The Kier molecular flexibility index (Phi) is 3.81. The number of nitrogens with one attached hydrogen (secondary N) is 1. The first-order valence-electron chi connectivity index (χ1n) is 3.34. The zero-order valence-corrected chi connectivity index (χ0v) is 6.93. The molecule has 0 aromatic heterocycles. The van der Waals surface area contributed by atoms with Gasteiger partial charge in [0.1, 0.15) is 5.60 Å². The standard InChI is InChI=1S/C6H15NO3/c1-5-6(2,3)9-10-7(4)8/h7H,5H2,1-4H3. The van der Waals surface area contributed by atoms with Crippen molar-refractivity contribution in [1.29, 1.82) is 0 Å². The van der Waals surface area contributed by atoms with Crippen molar-refractivity contribution in [2.75, 3.05) is 7.05 Å². The fourth-order valence-corrected chi connectivity index (χ4v) is 0.230. The van der Waals surface area contributed by atoms with Gasteiger partial charge in [0.2, 0.25) is 0 Å². The van der Waals surface area contributed by atoms with Crippen LogP contribution in [0.1, 0.15) is 27.2 Å². The summed E-state index contributed by atoms with van der Waals surface area (Å²) in [4.78, 5) is 9.15. The number of quaternary nitrogens is 1. The summed E-state index contributed by atoms with van der Waals surface area (Å²) in [5.41, 5.74) is -0.369. The van der Waals surface area contributed by atoms with Crippen molar-refractivity contribution >= 4 is 0 Å². The van der Waals surface area contributed by atoms with Gasteiger partial charge in [-0.25, -0.2) is 0 Å². The van der Waals surface area contributed by atoms with Crippen LogP contribution in [0.15, 0.2) is 0 Å². The zero-order chi connectivity index (χ0) is 8.20. The normalized spacial score (nSPS) is 15.3. The molecule has 1 N–H and O–H groups in total. The summed E-state index contributed by atoms with van der Waals surface area (Å²) in [6.45, 7) is 5.68. The predicted octanol–water partition coefficient (Wildman–Crippen LogP) is 0.0507. The first-order chi connectivity index (χ1) is 4.48. The monoisotopic (exact) mass is 149 g/mol. The number of rotatable bonds is 4. The highest BCUT2D eigenvalue weighted by molar-refractivity contribution is 4.61. The molecule has 0 aliphatic heterocycles. The topological polar surface area (TPSA) is 46.0 Å². The fraction of sp³-hybridized carbons (Fsp3) is 1.00. The molecule has 0 amide bonds. The number of hydroxylamine groups is 2. The van der Waals surface area contributed by atoms with Gasteiger partial charge in [0.05, 0.1) is 7.05 Å². The molecular weight excluding hydrogens is 134 g/mol. The lowest BCUT2D eigenvalue weighted by atomic mass is 10.1. The van der Waals surface area contributed by atoms with Crippen LogP contribution in [-0.2, 0) is 9.88 Å². The summed E-state index contributed by atoms with van der Waals surface area (Å²) < 4.78 is 0. The van der Waals surface area contributed by atoms with Gasteiger partial charge in [0.25, 0.3) is 0 Å². The first kappa shape index (κ1) is 9.84. The predicted molar refractivity (Wildman–Crippen MR) is 36.8 cm³/mol. The van der Waals surface area contributed by atoms with E-state index in [2.05, 4.69) is 4.99 Å². The van der Waals surface area contributed by atoms with Crippen molar-refractivity contribution in [3.8, 4) is 0 Å². The number of hydrogen-bond acceptors (Lipinski definition) is 3. The molecule has 0 spiro atoms. The summed E-state index contributed by atoms with van der Waals surface area (Å²) in [6.07, 6.45) is 0.806. The van der Waals surface area contributed by atoms with Gasteiger partial charge in [-0.2, -0.15) is 10.1 Å². The van der Waals surface area contributed by atoms with Gasteiger partial charge in [-0.05, 0) is 25.3 Å². The summed E-state index contributed by atoms with van der Waals surface area (Å²) in [5, 5.41) is 9.84. The Morgan fingerprint density at radius 3 is 2.30 bits per heavy atom. The van der Waals surface area contributed by atoms with E-state index in [1.807, 2.05) is 20.8 Å². The van der Waals surface area contributed by atoms with Gasteiger partial charge in [-0.1, -0.05) is 6.92 Å². The van der Waals surface area contributed by atoms with E-state index in [9.17, 15) is 5.21 Å². The molecule has 0 aromatic carbocycles. The quantitative estimate of drug-likeness (QED) is 0.454. The van der Waals surface area contributed by atoms with Gasteiger partial charge in [-0.3, -0.25) is 0 Å². The van der Waals surface area contributed by atoms with Gasteiger partial charge in [0, 0.05) is 0 Å². The van der Waals surface area contributed by atoms with Crippen LogP contribution in [0.4, 0.5) is 0 Å². The van der Waals surface area contributed by atoms with Gasteiger partial charge in [-0.15, -0.1) is 0 Å². The summed E-state index contributed by atoms with van der Waals surface area (Å²) in [5.74, 6) is 0. The summed E-state index contributed by atoms with van der Waals surface area (Å²) >= 11 is 0. The largest absolute Gasteiger partial charge is 0.598 e. The van der Waals surface area contributed by atoms with E-state index in [-0.39, 0.29) is 5.60 Å². The Morgan fingerprint density at radius 2 is 2.00 bits per heavy atom. The lowest BCUT2D eigenvalue weighted by molar-refractivity contribution is -1.09. The van der Waals surface area contributed by atoms with E-state index in [0.29, 0.717) is 0 Å². The van der Waals surface area contributed by atoms with E-state index >= 15 is 0 Å². The Balaban J connectivity index is 3.46. The molecule has 4 heteroatoms. The molecule has 1 unspecified atom stereocenters. The van der Waals surface area contributed by atoms with E-state index in [1.165, 1.54) is 7.05 Å². The van der Waals surface area contributed by atoms with Crippen molar-refractivity contribution < 1.29 is 15.1 Å². The minimum atomic E-state index is -0.415. The molecule has 0 radical (unpaired) electrons. The SMILES string of the molecule is CCC(C)(C)OO[NH+](C)[O-]. The maximum Gasteiger partial charge on any atom is 0.104 e. The van der Waals surface area contributed by atoms with Crippen molar-refractivity contribution in [1.82, 2.24) is 0 Å². The van der Waals surface area contributed by atoms with Crippen LogP contribution in [0.5, 0.6) is 0 Å². The van der Waals surface area contributed by atoms with Gasteiger partial charge >= 0.3 is 0 Å². The van der Waals surface area contributed by atoms with E-state index in [1.54, 1.807) is 0 Å². The Morgan fingerprint density at radius 1 is 1.50 bits per heavy atom. The van der Waals surface area contributed by atoms with Crippen LogP contribution in [-0.4, -0.2) is 12.6 Å². The molecule has 0 aliphatic carbocycles. The van der Waals surface area contributed by atoms with Crippen LogP contribution in [0, 0.1) is 5.21 Å². The average Bonchev–Trinajstić information content (AvgIpc) is 1.85. The van der Waals surface area contributed by atoms with Crippen LogP contribution in [0.2, 0.25) is 0 Å². The molecule has 62 valence electrons. The zero-order valence-electron chi connectivity index (χ0n) is 6.93. The van der Waals surface area contributed by atoms with Crippen molar-refractivity contribution in [2.24, 2.45) is 0 Å². The lowest BCUT2D eigenvalue weighted by Gasteiger charge is -2.22. The molecule has 0 saturated heterocycles. The maximum absolute atomic E-state index is 10.3. The Hall–Kier alpha value is -0.160. The molecule has 0 aliphatic rings. The second-order valence-electron chi connectivity index (χ2n) is 2.77. The molecule has 0 saturated carbocycles. The van der Waals surface area contributed by atoms with E-state index in [4.69, 9.17) is 4.89 Å². The summed E-state index contributed by atoms with van der Waals surface area (Å²) in [7, 11) is 1.31. The first-order valence-corrected chi connectivity index (χ1v) is 3.34. The second-order valence-corrected chi connectivity index (χ2v) is 2.77. The fourth-order valence-electron chi connectivity index (χ4n) is 0.230. The lowest BCUT2D eigenvalue weighted by Crippen LogP contribution is -3.02. The highest BCUT2D eigenvalue weighted by atomic mass is 17.3. The molecule has 0 fully saturated rings. The summed E-state index contributed by atoms with van der Waals surface area (Å²) in [6, 6.07) is 0. The third-order valence-corrected chi connectivity index (χ3v) is 1.24. The molecule has 0 aromatic rings. The smallest absolute Gasteiger partial charge is 0.104 e. The van der Waals surface area contributed by atoms with Crippen molar-refractivity contribution in [2.45, 2.75) is 32.8 Å². The molecule has 0 bridgehead atoms. The molecule has 0 heterocycles. The average molecular weight is 149 g/mol. The highest BCUT2D eigenvalue weighted by Crippen LogP contribution is 2.11. The molecule has 4 nitrogen and oxygen atoms in total. The third-order valence-electron chi connectivity index (χ3n) is 1.24. The minimum absolute atomic E-state index is 0.369. The van der Waals surface area contributed by atoms with Gasteiger partial charge < -0.3 is 5.21 Å². The molecule has 10 heavy (non-hydrogen) atoms. The second kappa shape index (κ2) is 3.88. The van der Waals surface area contributed by atoms with Crippen molar-refractivity contribution in [3.63, 3.8) is 0 Å². The van der Waals surface area contributed by atoms with Crippen molar-refractivity contribution in [3.05, 3.63) is 5.21 Å². The van der Waals surface area contributed by atoms with Crippen LogP contribution < -0.4 is 5.23 Å². The van der Waals surface area contributed by atoms with Crippen LogP contribution in [0.3, 0.4) is 0 Å². The molecule has 1 atom stereocenters. The van der Waals surface area contributed by atoms with Crippen LogP contribution >= 0.6 is 0 Å².